The van der Waals surface area contributed by atoms with Gasteiger partial charge in [0.05, 0.1) is 12.5 Å². The monoisotopic (exact) mass is 283 g/mol. The number of aliphatic carboxylic acids is 1. The van der Waals surface area contributed by atoms with Crippen molar-refractivity contribution in [2.45, 2.75) is 52.0 Å². The quantitative estimate of drug-likeness (QED) is 0.678. The molecule has 6 nitrogen and oxygen atoms in total. The summed E-state index contributed by atoms with van der Waals surface area (Å²) in [6, 6.07) is 1.73. The maximum Gasteiger partial charge on any atom is 0.317 e. The van der Waals surface area contributed by atoms with Gasteiger partial charge < -0.3 is 15.3 Å². The van der Waals surface area contributed by atoms with Crippen molar-refractivity contribution in [2.75, 3.05) is 13.6 Å². The van der Waals surface area contributed by atoms with Gasteiger partial charge in [-0.3, -0.25) is 4.79 Å². The molecule has 0 heterocycles. The molecule has 114 valence electrons. The number of rotatable bonds is 9. The van der Waals surface area contributed by atoms with E-state index in [0.717, 1.165) is 12.8 Å². The lowest BCUT2D eigenvalue weighted by atomic mass is 9.97. The van der Waals surface area contributed by atoms with Crippen LogP contribution >= 0.6 is 0 Å². The number of urea groups is 1. The molecule has 0 radical (unpaired) electrons. The molecule has 2 amide bonds. The Labute approximate surface area is 120 Å². The van der Waals surface area contributed by atoms with Gasteiger partial charge in [0.2, 0.25) is 0 Å². The highest BCUT2D eigenvalue weighted by molar-refractivity contribution is 5.74. The third-order valence-corrected chi connectivity index (χ3v) is 3.54. The first-order valence-corrected chi connectivity index (χ1v) is 7.01. The summed E-state index contributed by atoms with van der Waals surface area (Å²) in [5.74, 6) is -0.467. The molecule has 2 atom stereocenters. The van der Waals surface area contributed by atoms with Gasteiger partial charge in [0.15, 0.2) is 0 Å². The number of hydrogen-bond donors (Lipinski definition) is 2. The first kappa shape index (κ1) is 18.2. The van der Waals surface area contributed by atoms with Crippen LogP contribution in [0.2, 0.25) is 0 Å². The zero-order valence-corrected chi connectivity index (χ0v) is 12.6. The Morgan fingerprint density at radius 3 is 2.55 bits per heavy atom. The number of nitrogens with zero attached hydrogens (tertiary/aromatic N) is 2. The molecule has 0 aliphatic rings. The van der Waals surface area contributed by atoms with Crippen LogP contribution in [0.25, 0.3) is 0 Å². The average Bonchev–Trinajstić information content (AvgIpc) is 2.41. The molecule has 0 rings (SSSR count). The van der Waals surface area contributed by atoms with E-state index in [9.17, 15) is 9.59 Å². The molecular formula is C14H25N3O3. The van der Waals surface area contributed by atoms with E-state index in [2.05, 4.69) is 5.32 Å². The second-order valence-corrected chi connectivity index (χ2v) is 5.05. The Morgan fingerprint density at radius 1 is 1.40 bits per heavy atom. The van der Waals surface area contributed by atoms with Crippen molar-refractivity contribution < 1.29 is 14.7 Å². The lowest BCUT2D eigenvalue weighted by Crippen LogP contribution is -2.42. The van der Waals surface area contributed by atoms with Crippen LogP contribution in [-0.2, 0) is 4.79 Å². The van der Waals surface area contributed by atoms with Gasteiger partial charge in [-0.05, 0) is 25.7 Å². The van der Waals surface area contributed by atoms with E-state index in [-0.39, 0.29) is 18.5 Å². The lowest BCUT2D eigenvalue weighted by molar-refractivity contribution is -0.137. The van der Waals surface area contributed by atoms with Crippen molar-refractivity contribution in [3.63, 3.8) is 0 Å². The molecule has 0 aliphatic carbocycles. The molecule has 6 heteroatoms. The first-order valence-electron chi connectivity index (χ1n) is 7.01. The fourth-order valence-electron chi connectivity index (χ4n) is 1.86. The number of carboxylic acids is 1. The Bertz CT molecular complexity index is 352. The van der Waals surface area contributed by atoms with Crippen LogP contribution < -0.4 is 5.32 Å². The van der Waals surface area contributed by atoms with Crippen LogP contribution in [0.4, 0.5) is 4.79 Å². The normalized spacial score (nSPS) is 13.1. The maximum absolute atomic E-state index is 11.8. The third-order valence-electron chi connectivity index (χ3n) is 3.54. The topological polar surface area (TPSA) is 93.4 Å². The van der Waals surface area contributed by atoms with Gasteiger partial charge in [-0.2, -0.15) is 5.26 Å². The predicted molar refractivity (Wildman–Crippen MR) is 76.1 cm³/mol. The molecule has 20 heavy (non-hydrogen) atoms. The van der Waals surface area contributed by atoms with E-state index in [1.165, 1.54) is 4.90 Å². The van der Waals surface area contributed by atoms with Gasteiger partial charge in [-0.1, -0.05) is 13.3 Å². The summed E-state index contributed by atoms with van der Waals surface area (Å²) in [7, 11) is 1.67. The summed E-state index contributed by atoms with van der Waals surface area (Å²) >= 11 is 0. The number of carbonyl (C=O) groups excluding carboxylic acids is 1. The van der Waals surface area contributed by atoms with Gasteiger partial charge >= 0.3 is 12.0 Å². The van der Waals surface area contributed by atoms with Crippen LogP contribution in [0.5, 0.6) is 0 Å². The van der Waals surface area contributed by atoms with Crippen molar-refractivity contribution in [3.8, 4) is 6.07 Å². The fourth-order valence-corrected chi connectivity index (χ4v) is 1.86. The van der Waals surface area contributed by atoms with Gasteiger partial charge in [0, 0.05) is 26.1 Å². The standard InChI is InChI=1S/C14H25N3O3/c1-4-12(5-6-13(18)19)8-10-16-14(20)17(3)11(2)7-9-15/h11-12H,4-8,10H2,1-3H3,(H,16,20)(H,18,19). The highest BCUT2D eigenvalue weighted by Crippen LogP contribution is 2.14. The highest BCUT2D eigenvalue weighted by atomic mass is 16.4. The summed E-state index contributed by atoms with van der Waals surface area (Å²) in [6.07, 6.45) is 2.80. The average molecular weight is 283 g/mol. The number of carbonyl (C=O) groups is 2. The Morgan fingerprint density at radius 2 is 2.05 bits per heavy atom. The second kappa shape index (κ2) is 10.1. The number of nitriles is 1. The van der Waals surface area contributed by atoms with Crippen LogP contribution in [0.3, 0.4) is 0 Å². The number of hydrogen-bond acceptors (Lipinski definition) is 3. The largest absolute Gasteiger partial charge is 0.481 e. The Hall–Kier alpha value is -1.77. The summed E-state index contributed by atoms with van der Waals surface area (Å²) in [5, 5.41) is 20.1. The van der Waals surface area contributed by atoms with Crippen molar-refractivity contribution in [3.05, 3.63) is 0 Å². The molecule has 0 saturated carbocycles. The minimum atomic E-state index is -0.780. The zero-order valence-electron chi connectivity index (χ0n) is 12.6. The molecule has 2 N–H and O–H groups in total. The van der Waals surface area contributed by atoms with E-state index in [1.807, 2.05) is 19.9 Å². The Kier molecular flexibility index (Phi) is 9.18. The van der Waals surface area contributed by atoms with Crippen LogP contribution in [0.1, 0.15) is 46.0 Å². The SMILES string of the molecule is CCC(CCNC(=O)N(C)C(C)CC#N)CCC(=O)O. The lowest BCUT2D eigenvalue weighted by Gasteiger charge is -2.24. The Balaban J connectivity index is 3.99. The van der Waals surface area contributed by atoms with Gasteiger partial charge in [-0.25, -0.2) is 4.79 Å². The van der Waals surface area contributed by atoms with Crippen molar-refractivity contribution in [2.24, 2.45) is 5.92 Å². The van der Waals surface area contributed by atoms with Crippen molar-refractivity contribution in [1.82, 2.24) is 10.2 Å². The third kappa shape index (κ3) is 7.62. The first-order chi connectivity index (χ1) is 9.42. The molecule has 0 spiro atoms. The smallest absolute Gasteiger partial charge is 0.317 e. The molecule has 0 saturated heterocycles. The van der Waals surface area contributed by atoms with Gasteiger partial charge in [-0.15, -0.1) is 0 Å². The summed E-state index contributed by atoms with van der Waals surface area (Å²) < 4.78 is 0. The van der Waals surface area contributed by atoms with Crippen LogP contribution in [0, 0.1) is 17.2 Å². The van der Waals surface area contributed by atoms with Crippen molar-refractivity contribution in [1.29, 1.82) is 5.26 Å². The molecule has 0 aliphatic heterocycles. The molecule has 0 bridgehead atoms. The number of amides is 2. The van der Waals surface area contributed by atoms with E-state index < -0.39 is 5.97 Å². The van der Waals surface area contributed by atoms with E-state index in [4.69, 9.17) is 10.4 Å². The van der Waals surface area contributed by atoms with E-state index in [1.54, 1.807) is 7.05 Å². The molecule has 0 aromatic carbocycles. The molecule has 0 fully saturated rings. The number of carboxylic acid groups (broad SMARTS) is 1. The zero-order chi connectivity index (χ0) is 15.5. The fraction of sp³-hybridized carbons (Fsp3) is 0.786. The van der Waals surface area contributed by atoms with Crippen LogP contribution in [0.15, 0.2) is 0 Å². The summed E-state index contributed by atoms with van der Waals surface area (Å²) in [6.45, 7) is 4.38. The van der Waals surface area contributed by atoms with E-state index >= 15 is 0 Å². The second-order valence-electron chi connectivity index (χ2n) is 5.05. The van der Waals surface area contributed by atoms with E-state index in [0.29, 0.717) is 25.3 Å². The predicted octanol–water partition coefficient (Wildman–Crippen LogP) is 2.21. The highest BCUT2D eigenvalue weighted by Gasteiger charge is 2.15. The van der Waals surface area contributed by atoms with Gasteiger partial charge in [0.1, 0.15) is 0 Å². The van der Waals surface area contributed by atoms with Gasteiger partial charge in [0.25, 0.3) is 0 Å². The summed E-state index contributed by atoms with van der Waals surface area (Å²) in [5.41, 5.74) is 0. The minimum absolute atomic E-state index is 0.117. The van der Waals surface area contributed by atoms with Crippen LogP contribution in [-0.4, -0.2) is 41.6 Å². The maximum atomic E-state index is 11.8. The molecule has 0 aromatic rings. The number of nitrogens with one attached hydrogen (secondary N) is 1. The summed E-state index contributed by atoms with van der Waals surface area (Å²) in [4.78, 5) is 23.8. The van der Waals surface area contributed by atoms with Crippen molar-refractivity contribution >= 4 is 12.0 Å². The molecule has 2 unspecified atom stereocenters. The molecule has 0 aromatic heterocycles. The molecular weight excluding hydrogens is 258 g/mol. The minimum Gasteiger partial charge on any atom is -0.481 e.